The van der Waals surface area contributed by atoms with Gasteiger partial charge in [0, 0.05) is 42.1 Å². The number of para-hydroxylation sites is 1. The topological polar surface area (TPSA) is 85.7 Å². The Hall–Kier alpha value is -4.01. The molecule has 0 aliphatic carbocycles. The first kappa shape index (κ1) is 26.6. The molecule has 1 saturated heterocycles. The number of benzene rings is 3. The lowest BCUT2D eigenvalue weighted by Gasteiger charge is -2.26. The summed E-state index contributed by atoms with van der Waals surface area (Å²) in [5, 5.41) is 9.01. The highest BCUT2D eigenvalue weighted by atomic mass is 16.5. The second-order valence-electron chi connectivity index (χ2n) is 10.7. The largest absolute Gasteiger partial charge is 0.492 e. The summed E-state index contributed by atoms with van der Waals surface area (Å²) < 4.78 is 13.2. The third-order valence-electron chi connectivity index (χ3n) is 6.82. The predicted molar refractivity (Wildman–Crippen MR) is 152 cm³/mol. The van der Waals surface area contributed by atoms with Crippen LogP contribution in [-0.2, 0) is 14.9 Å². The zero-order valence-corrected chi connectivity index (χ0v) is 22.6. The van der Waals surface area contributed by atoms with Gasteiger partial charge in [0.25, 0.3) is 11.7 Å². The SMILES string of the molecule is CC(C)(C)c1cc(NC(=O)C(=O)c2ccc(OCCN3CCOCC3)c3ccccc23)n(-c2ccccc2)n1. The number of carbonyl (C=O) groups is 2. The molecular formula is C31H34N4O4. The smallest absolute Gasteiger partial charge is 0.297 e. The average Bonchev–Trinajstić information content (AvgIpc) is 3.38. The summed E-state index contributed by atoms with van der Waals surface area (Å²) >= 11 is 0. The molecule has 8 heteroatoms. The Balaban J connectivity index is 1.37. The number of Topliss-reactive ketones (excluding diaryl/α,β-unsaturated/α-hetero) is 1. The van der Waals surface area contributed by atoms with Crippen molar-refractivity contribution < 1.29 is 19.1 Å². The molecule has 0 radical (unpaired) electrons. The summed E-state index contributed by atoms with van der Waals surface area (Å²) in [4.78, 5) is 29.0. The molecule has 5 rings (SSSR count). The molecule has 4 aromatic rings. The number of morpholine rings is 1. The van der Waals surface area contributed by atoms with Crippen molar-refractivity contribution in [1.29, 1.82) is 0 Å². The van der Waals surface area contributed by atoms with Crippen molar-refractivity contribution in [1.82, 2.24) is 14.7 Å². The minimum atomic E-state index is -0.723. The number of nitrogens with zero attached hydrogens (tertiary/aromatic N) is 3. The van der Waals surface area contributed by atoms with Crippen LogP contribution < -0.4 is 10.1 Å². The van der Waals surface area contributed by atoms with E-state index in [1.54, 1.807) is 16.8 Å². The number of nitrogens with one attached hydrogen (secondary N) is 1. The number of rotatable bonds is 8. The van der Waals surface area contributed by atoms with Crippen molar-refractivity contribution in [3.8, 4) is 11.4 Å². The normalized spacial score (nSPS) is 14.3. The first-order chi connectivity index (χ1) is 18.8. The van der Waals surface area contributed by atoms with Crippen molar-refractivity contribution in [3.05, 3.63) is 84.1 Å². The number of carbonyl (C=O) groups excluding carboxylic acids is 2. The molecule has 0 saturated carbocycles. The highest BCUT2D eigenvalue weighted by Crippen LogP contribution is 2.30. The van der Waals surface area contributed by atoms with E-state index in [2.05, 4.69) is 31.0 Å². The molecule has 39 heavy (non-hydrogen) atoms. The molecule has 0 bridgehead atoms. The molecule has 1 fully saturated rings. The summed E-state index contributed by atoms with van der Waals surface area (Å²) in [6.07, 6.45) is 0. The maximum absolute atomic E-state index is 13.4. The Morgan fingerprint density at radius 1 is 0.949 bits per heavy atom. The minimum absolute atomic E-state index is 0.239. The van der Waals surface area contributed by atoms with E-state index >= 15 is 0 Å². The first-order valence-electron chi connectivity index (χ1n) is 13.3. The molecule has 1 aromatic heterocycles. The lowest BCUT2D eigenvalue weighted by atomic mass is 9.92. The zero-order chi connectivity index (χ0) is 27.4. The molecule has 1 amide bonds. The molecule has 1 aliphatic rings. The van der Waals surface area contributed by atoms with Crippen LogP contribution in [0.4, 0.5) is 5.82 Å². The van der Waals surface area contributed by atoms with E-state index < -0.39 is 11.7 Å². The molecule has 3 aromatic carbocycles. The van der Waals surface area contributed by atoms with E-state index in [0.29, 0.717) is 29.1 Å². The lowest BCUT2D eigenvalue weighted by molar-refractivity contribution is -0.112. The van der Waals surface area contributed by atoms with Crippen LogP contribution in [-0.4, -0.2) is 65.8 Å². The number of hydrogen-bond donors (Lipinski definition) is 1. The van der Waals surface area contributed by atoms with Crippen LogP contribution in [0.2, 0.25) is 0 Å². The second-order valence-corrected chi connectivity index (χ2v) is 10.7. The van der Waals surface area contributed by atoms with Crippen molar-refractivity contribution in [3.63, 3.8) is 0 Å². The van der Waals surface area contributed by atoms with Gasteiger partial charge in [-0.3, -0.25) is 14.5 Å². The Labute approximate surface area is 228 Å². The fraction of sp³-hybridized carbons (Fsp3) is 0.323. The number of fused-ring (bicyclic) bond motifs is 1. The lowest BCUT2D eigenvalue weighted by Crippen LogP contribution is -2.38. The molecule has 1 N–H and O–H groups in total. The van der Waals surface area contributed by atoms with Crippen LogP contribution in [0.3, 0.4) is 0 Å². The zero-order valence-electron chi connectivity index (χ0n) is 22.6. The van der Waals surface area contributed by atoms with Gasteiger partial charge in [0.15, 0.2) is 0 Å². The van der Waals surface area contributed by atoms with Crippen LogP contribution in [0.25, 0.3) is 16.5 Å². The van der Waals surface area contributed by atoms with Gasteiger partial charge >= 0.3 is 0 Å². The number of anilines is 1. The molecule has 202 valence electrons. The van der Waals surface area contributed by atoms with E-state index in [0.717, 1.165) is 49.6 Å². The van der Waals surface area contributed by atoms with Gasteiger partial charge in [-0.15, -0.1) is 0 Å². The average molecular weight is 527 g/mol. The Kier molecular flexibility index (Phi) is 7.77. The summed E-state index contributed by atoms with van der Waals surface area (Å²) in [6, 6.07) is 22.3. The fourth-order valence-corrected chi connectivity index (χ4v) is 4.60. The van der Waals surface area contributed by atoms with Gasteiger partial charge in [-0.05, 0) is 29.7 Å². The molecular weight excluding hydrogens is 492 g/mol. The monoisotopic (exact) mass is 526 g/mol. The highest BCUT2D eigenvalue weighted by molar-refractivity contribution is 6.48. The highest BCUT2D eigenvalue weighted by Gasteiger charge is 2.25. The molecule has 0 atom stereocenters. The summed E-state index contributed by atoms with van der Waals surface area (Å²) in [7, 11) is 0. The molecule has 8 nitrogen and oxygen atoms in total. The molecule has 0 spiro atoms. The van der Waals surface area contributed by atoms with E-state index in [1.807, 2.05) is 60.7 Å². The number of amides is 1. The van der Waals surface area contributed by atoms with Gasteiger partial charge in [-0.25, -0.2) is 4.68 Å². The van der Waals surface area contributed by atoms with Gasteiger partial charge in [0.2, 0.25) is 0 Å². The maximum atomic E-state index is 13.4. The van der Waals surface area contributed by atoms with Gasteiger partial charge in [-0.2, -0.15) is 5.10 Å². The van der Waals surface area contributed by atoms with Crippen LogP contribution in [0.1, 0.15) is 36.8 Å². The summed E-state index contributed by atoms with van der Waals surface area (Å²) in [6.45, 7) is 10.8. The van der Waals surface area contributed by atoms with E-state index in [4.69, 9.17) is 14.6 Å². The minimum Gasteiger partial charge on any atom is -0.492 e. The van der Waals surface area contributed by atoms with Gasteiger partial charge in [0.05, 0.1) is 24.6 Å². The van der Waals surface area contributed by atoms with E-state index in [9.17, 15) is 9.59 Å². The quantitative estimate of drug-likeness (QED) is 0.261. The van der Waals surface area contributed by atoms with Crippen molar-refractivity contribution in [2.45, 2.75) is 26.2 Å². The van der Waals surface area contributed by atoms with Crippen molar-refractivity contribution in [2.24, 2.45) is 0 Å². The standard InChI is InChI=1S/C31H34N4O4/c1-31(2,3)27-21-28(35(33-27)22-9-5-4-6-10-22)32-30(37)29(36)25-13-14-26(24-12-8-7-11-23(24)25)39-20-17-34-15-18-38-19-16-34/h4-14,21H,15-20H2,1-3H3,(H,32,37). The van der Waals surface area contributed by atoms with Gasteiger partial charge in [-0.1, -0.05) is 63.2 Å². The van der Waals surface area contributed by atoms with E-state index in [1.165, 1.54) is 0 Å². The Morgan fingerprint density at radius 3 is 2.36 bits per heavy atom. The Bertz CT molecular complexity index is 1470. The predicted octanol–water partition coefficient (Wildman–Crippen LogP) is 4.86. The molecule has 0 unspecified atom stereocenters. The van der Waals surface area contributed by atoms with Crippen LogP contribution in [0, 0.1) is 0 Å². The van der Waals surface area contributed by atoms with E-state index in [-0.39, 0.29) is 5.41 Å². The number of ketones is 1. The number of ether oxygens (including phenoxy) is 2. The van der Waals surface area contributed by atoms with Crippen LogP contribution in [0.15, 0.2) is 72.8 Å². The van der Waals surface area contributed by atoms with Crippen molar-refractivity contribution >= 4 is 28.3 Å². The summed E-state index contributed by atoms with van der Waals surface area (Å²) in [5.41, 5.74) is 1.68. The van der Waals surface area contributed by atoms with Crippen LogP contribution >= 0.6 is 0 Å². The maximum Gasteiger partial charge on any atom is 0.297 e. The van der Waals surface area contributed by atoms with Gasteiger partial charge in [0.1, 0.15) is 18.2 Å². The molecule has 1 aliphatic heterocycles. The first-order valence-corrected chi connectivity index (χ1v) is 13.3. The summed E-state index contributed by atoms with van der Waals surface area (Å²) in [5.74, 6) is -0.215. The molecule has 2 heterocycles. The van der Waals surface area contributed by atoms with Crippen molar-refractivity contribution in [2.75, 3.05) is 44.8 Å². The van der Waals surface area contributed by atoms with Gasteiger partial charge < -0.3 is 14.8 Å². The Morgan fingerprint density at radius 2 is 1.64 bits per heavy atom. The number of aromatic nitrogens is 2. The number of hydrogen-bond acceptors (Lipinski definition) is 6. The second kappa shape index (κ2) is 11.4. The fourth-order valence-electron chi connectivity index (χ4n) is 4.60. The van der Waals surface area contributed by atoms with Crippen LogP contribution in [0.5, 0.6) is 5.75 Å². The third-order valence-corrected chi connectivity index (χ3v) is 6.82. The third kappa shape index (κ3) is 6.02.